The van der Waals surface area contributed by atoms with Gasteiger partial charge in [-0.2, -0.15) is 0 Å². The first-order valence-electron chi connectivity index (χ1n) is 10.5. The van der Waals surface area contributed by atoms with Crippen molar-refractivity contribution >= 4 is 23.3 Å². The Hall–Kier alpha value is -4.47. The number of hydrogen-bond donors (Lipinski definition) is 1. The third kappa shape index (κ3) is 3.92. The molecular formula is C25H24N2O8. The van der Waals surface area contributed by atoms with Crippen LogP contribution in [0.5, 0.6) is 23.0 Å². The van der Waals surface area contributed by atoms with Gasteiger partial charge in [-0.3, -0.25) is 14.5 Å². The zero-order chi connectivity index (χ0) is 25.3. The highest BCUT2D eigenvalue weighted by Gasteiger charge is 2.49. The van der Waals surface area contributed by atoms with Crippen LogP contribution < -0.4 is 23.8 Å². The molecular weight excluding hydrogens is 456 g/mol. The SMILES string of the molecule is COc1ccc(C(O)=C2C(=O)C(=O)N(c3cc(C)on3)C2c2cccc(OC)c2OC)cc1OC. The number of ketones is 1. The fourth-order valence-corrected chi connectivity index (χ4v) is 4.10. The molecule has 0 radical (unpaired) electrons. The second-order valence-corrected chi connectivity index (χ2v) is 7.62. The lowest BCUT2D eigenvalue weighted by Gasteiger charge is -2.25. The van der Waals surface area contributed by atoms with Crippen LogP contribution in [0.25, 0.3) is 5.76 Å². The maximum absolute atomic E-state index is 13.3. The second-order valence-electron chi connectivity index (χ2n) is 7.62. The van der Waals surface area contributed by atoms with Crippen molar-refractivity contribution in [2.45, 2.75) is 13.0 Å². The topological polar surface area (TPSA) is 121 Å². The van der Waals surface area contributed by atoms with E-state index in [-0.39, 0.29) is 17.0 Å². The van der Waals surface area contributed by atoms with Crippen LogP contribution in [0.15, 0.2) is 52.6 Å². The van der Waals surface area contributed by atoms with E-state index in [0.29, 0.717) is 34.3 Å². The minimum Gasteiger partial charge on any atom is -0.507 e. The van der Waals surface area contributed by atoms with Gasteiger partial charge in [0.25, 0.3) is 5.78 Å². The van der Waals surface area contributed by atoms with Gasteiger partial charge in [-0.1, -0.05) is 17.3 Å². The number of hydrogen-bond acceptors (Lipinski definition) is 9. The standard InChI is InChI=1S/C25H24N2O8/c1-13-11-19(26-35-13)27-21(15-7-6-8-17(32-3)24(15)34-5)20(23(29)25(27)30)22(28)14-9-10-16(31-2)18(12-14)33-4/h6-12,21,28H,1-5H3. The number of nitrogens with zero attached hydrogens (tertiary/aromatic N) is 2. The number of anilines is 1. The van der Waals surface area contributed by atoms with Crippen molar-refractivity contribution < 1.29 is 38.2 Å². The Bertz CT molecular complexity index is 1330. The molecule has 0 aliphatic carbocycles. The molecule has 1 saturated heterocycles. The van der Waals surface area contributed by atoms with Gasteiger partial charge in [-0.15, -0.1) is 0 Å². The minimum absolute atomic E-state index is 0.117. The molecule has 4 rings (SSSR count). The number of carbonyl (C=O) groups excluding carboxylic acids is 2. The van der Waals surface area contributed by atoms with Crippen LogP contribution in [0.1, 0.15) is 22.9 Å². The molecule has 0 saturated carbocycles. The average Bonchev–Trinajstić information content (AvgIpc) is 3.42. The number of aromatic nitrogens is 1. The van der Waals surface area contributed by atoms with E-state index in [2.05, 4.69) is 5.16 Å². The largest absolute Gasteiger partial charge is 0.507 e. The molecule has 2 heterocycles. The fraction of sp³-hybridized carbons (Fsp3) is 0.240. The quantitative estimate of drug-likeness (QED) is 0.307. The number of para-hydroxylation sites is 1. The monoisotopic (exact) mass is 480 g/mol. The van der Waals surface area contributed by atoms with Crippen molar-refractivity contribution in [3.8, 4) is 23.0 Å². The van der Waals surface area contributed by atoms with Crippen LogP contribution in [0.2, 0.25) is 0 Å². The van der Waals surface area contributed by atoms with Gasteiger partial charge < -0.3 is 28.6 Å². The van der Waals surface area contributed by atoms with Gasteiger partial charge >= 0.3 is 5.91 Å². The molecule has 1 aliphatic heterocycles. The van der Waals surface area contributed by atoms with E-state index >= 15 is 0 Å². The maximum atomic E-state index is 13.3. The van der Waals surface area contributed by atoms with Gasteiger partial charge in [0.2, 0.25) is 0 Å². The van der Waals surface area contributed by atoms with Gasteiger partial charge in [-0.05, 0) is 31.2 Å². The highest BCUT2D eigenvalue weighted by molar-refractivity contribution is 6.51. The summed E-state index contributed by atoms with van der Waals surface area (Å²) in [7, 11) is 5.86. The molecule has 1 N–H and O–H groups in total. The van der Waals surface area contributed by atoms with E-state index in [0.717, 1.165) is 0 Å². The zero-order valence-corrected chi connectivity index (χ0v) is 19.8. The molecule has 1 fully saturated rings. The number of carbonyl (C=O) groups is 2. The number of benzene rings is 2. The Morgan fingerprint density at radius 2 is 1.66 bits per heavy atom. The predicted octanol–water partition coefficient (Wildman–Crippen LogP) is 3.64. The highest BCUT2D eigenvalue weighted by atomic mass is 16.5. The van der Waals surface area contributed by atoms with Gasteiger partial charge in [0.15, 0.2) is 28.8 Å². The first kappa shape index (κ1) is 23.7. The van der Waals surface area contributed by atoms with Crippen LogP contribution >= 0.6 is 0 Å². The molecule has 35 heavy (non-hydrogen) atoms. The molecule has 1 unspecified atom stereocenters. The second kappa shape index (κ2) is 9.41. The van der Waals surface area contributed by atoms with E-state index in [9.17, 15) is 14.7 Å². The number of Topliss-reactive ketones (excluding diaryl/α,β-unsaturated/α-hetero) is 1. The molecule has 1 atom stereocenters. The minimum atomic E-state index is -1.09. The van der Waals surface area contributed by atoms with Crippen molar-refractivity contribution in [1.82, 2.24) is 5.16 Å². The summed E-state index contributed by atoms with van der Waals surface area (Å²) in [6, 6.07) is 10.2. The molecule has 182 valence electrons. The van der Waals surface area contributed by atoms with Crippen molar-refractivity contribution in [2.24, 2.45) is 0 Å². The Morgan fingerprint density at radius 1 is 0.943 bits per heavy atom. The predicted molar refractivity (Wildman–Crippen MR) is 125 cm³/mol. The Labute approximate surface area is 201 Å². The summed E-state index contributed by atoms with van der Waals surface area (Å²) in [6.45, 7) is 1.66. The van der Waals surface area contributed by atoms with Crippen molar-refractivity contribution in [3.63, 3.8) is 0 Å². The van der Waals surface area contributed by atoms with Crippen LogP contribution in [0.4, 0.5) is 5.82 Å². The summed E-state index contributed by atoms with van der Waals surface area (Å²) in [5.74, 6) is -0.153. The van der Waals surface area contributed by atoms with Crippen molar-refractivity contribution in [2.75, 3.05) is 33.3 Å². The lowest BCUT2D eigenvalue weighted by atomic mass is 9.94. The van der Waals surface area contributed by atoms with Crippen LogP contribution in [0.3, 0.4) is 0 Å². The summed E-state index contributed by atoms with van der Waals surface area (Å²) in [5.41, 5.74) is 0.506. The van der Waals surface area contributed by atoms with E-state index in [1.54, 1.807) is 37.3 Å². The van der Waals surface area contributed by atoms with Crippen molar-refractivity contribution in [3.05, 3.63) is 64.9 Å². The Kier molecular flexibility index (Phi) is 6.37. The summed E-state index contributed by atoms with van der Waals surface area (Å²) in [4.78, 5) is 27.8. The molecule has 1 aliphatic rings. The number of amides is 1. The van der Waals surface area contributed by atoms with E-state index in [1.807, 2.05) is 0 Å². The zero-order valence-electron chi connectivity index (χ0n) is 19.8. The number of rotatable bonds is 7. The van der Waals surface area contributed by atoms with Crippen molar-refractivity contribution in [1.29, 1.82) is 0 Å². The van der Waals surface area contributed by atoms with E-state index in [4.69, 9.17) is 23.5 Å². The third-order valence-corrected chi connectivity index (χ3v) is 5.69. The summed E-state index contributed by atoms with van der Waals surface area (Å²) in [5, 5.41) is 15.3. The molecule has 10 nitrogen and oxygen atoms in total. The molecule has 1 aromatic heterocycles. The number of methoxy groups -OCH3 is 4. The Balaban J connectivity index is 2.00. The number of aliphatic hydroxyl groups is 1. The Morgan fingerprint density at radius 3 is 2.26 bits per heavy atom. The summed E-state index contributed by atoms with van der Waals surface area (Å²) >= 11 is 0. The molecule has 3 aromatic rings. The third-order valence-electron chi connectivity index (χ3n) is 5.69. The molecule has 10 heteroatoms. The fourth-order valence-electron chi connectivity index (χ4n) is 4.10. The van der Waals surface area contributed by atoms with Gasteiger partial charge in [0.1, 0.15) is 17.6 Å². The molecule has 2 aromatic carbocycles. The first-order chi connectivity index (χ1) is 16.9. The normalized spacial score (nSPS) is 16.9. The lowest BCUT2D eigenvalue weighted by molar-refractivity contribution is -0.132. The lowest BCUT2D eigenvalue weighted by Crippen LogP contribution is -2.30. The average molecular weight is 480 g/mol. The molecule has 0 bridgehead atoms. The van der Waals surface area contributed by atoms with Crippen LogP contribution in [-0.4, -0.2) is 50.4 Å². The van der Waals surface area contributed by atoms with E-state index < -0.39 is 23.5 Å². The molecule has 1 amide bonds. The highest BCUT2D eigenvalue weighted by Crippen LogP contribution is 2.47. The van der Waals surface area contributed by atoms with Crippen LogP contribution in [0, 0.1) is 6.92 Å². The number of aliphatic hydroxyl groups excluding tert-OH is 1. The summed E-state index contributed by atoms with van der Waals surface area (Å²) < 4.78 is 26.7. The number of ether oxygens (including phenoxy) is 4. The van der Waals surface area contributed by atoms with Gasteiger partial charge in [0.05, 0.1) is 34.0 Å². The maximum Gasteiger partial charge on any atom is 0.301 e. The summed E-state index contributed by atoms with van der Waals surface area (Å²) in [6.07, 6.45) is 0. The molecule has 0 spiro atoms. The van der Waals surface area contributed by atoms with Gasteiger partial charge in [0, 0.05) is 17.2 Å². The van der Waals surface area contributed by atoms with Gasteiger partial charge in [-0.25, -0.2) is 0 Å². The smallest absolute Gasteiger partial charge is 0.301 e. The number of aryl methyl sites for hydroxylation is 1. The van der Waals surface area contributed by atoms with E-state index in [1.165, 1.54) is 45.5 Å². The van der Waals surface area contributed by atoms with Crippen LogP contribution in [-0.2, 0) is 9.59 Å². The first-order valence-corrected chi connectivity index (χ1v) is 10.5.